The maximum atomic E-state index is 12.6. The Labute approximate surface area is 191 Å². The molecule has 5 nitrogen and oxygen atoms in total. The Balaban J connectivity index is 1.58. The van der Waals surface area contributed by atoms with E-state index >= 15 is 0 Å². The highest BCUT2D eigenvalue weighted by molar-refractivity contribution is 5.96. The third-order valence-corrected chi connectivity index (χ3v) is 5.34. The quantitative estimate of drug-likeness (QED) is 0.286. The van der Waals surface area contributed by atoms with Crippen molar-refractivity contribution in [2.24, 2.45) is 10.9 Å². The second-order valence-electron chi connectivity index (χ2n) is 8.20. The number of nitrogens with two attached hydrogens (primary N) is 1. The summed E-state index contributed by atoms with van der Waals surface area (Å²) in [5.74, 6) is 1.41. The lowest BCUT2D eigenvalue weighted by Crippen LogP contribution is -2.27. The van der Waals surface area contributed by atoms with Crippen molar-refractivity contribution in [3.05, 3.63) is 77.5 Å². The molecule has 1 fully saturated rings. The predicted molar refractivity (Wildman–Crippen MR) is 135 cm³/mol. The Morgan fingerprint density at radius 1 is 1.06 bits per heavy atom. The molecule has 1 aliphatic rings. The number of benzene rings is 2. The number of nitrogen functional groups attached to an aromatic ring is 1. The minimum absolute atomic E-state index is 0.0897. The van der Waals surface area contributed by atoms with Crippen LogP contribution in [0.15, 0.2) is 76.9 Å². The van der Waals surface area contributed by atoms with Crippen LogP contribution in [0.1, 0.15) is 50.4 Å². The minimum Gasteiger partial charge on any atom is -0.399 e. The maximum absolute atomic E-state index is 12.6. The number of carbonyl (C=O) groups excluding carboxylic acids is 1. The number of aliphatic imine (C=N–C) groups is 1. The number of nitrogens with one attached hydrogen (secondary N) is 2. The Morgan fingerprint density at radius 2 is 1.69 bits per heavy atom. The molecular formula is C27H34N4O. The summed E-state index contributed by atoms with van der Waals surface area (Å²) < 4.78 is 0. The van der Waals surface area contributed by atoms with Gasteiger partial charge in [-0.3, -0.25) is 9.79 Å². The van der Waals surface area contributed by atoms with E-state index in [4.69, 9.17) is 5.73 Å². The van der Waals surface area contributed by atoms with Crippen LogP contribution in [0.25, 0.3) is 11.1 Å². The number of nitrogens with zero attached hydrogens (tertiary/aromatic N) is 1. The van der Waals surface area contributed by atoms with E-state index in [1.54, 1.807) is 0 Å². The topological polar surface area (TPSA) is 79.5 Å². The van der Waals surface area contributed by atoms with Crippen molar-refractivity contribution >= 4 is 17.4 Å². The van der Waals surface area contributed by atoms with Crippen LogP contribution in [0.4, 0.5) is 5.69 Å². The van der Waals surface area contributed by atoms with E-state index in [0.29, 0.717) is 24.6 Å². The van der Waals surface area contributed by atoms with E-state index in [-0.39, 0.29) is 5.91 Å². The first-order valence-electron chi connectivity index (χ1n) is 11.4. The lowest BCUT2D eigenvalue weighted by Gasteiger charge is -2.12. The lowest BCUT2D eigenvalue weighted by molar-refractivity contribution is 0.0957. The average molecular weight is 431 g/mol. The Hall–Kier alpha value is -3.34. The van der Waals surface area contributed by atoms with Crippen molar-refractivity contribution in [1.82, 2.24) is 10.6 Å². The third-order valence-electron chi connectivity index (χ3n) is 5.34. The number of anilines is 1. The first-order valence-corrected chi connectivity index (χ1v) is 11.4. The zero-order chi connectivity index (χ0) is 22.9. The van der Waals surface area contributed by atoms with Gasteiger partial charge in [0, 0.05) is 30.0 Å². The number of allylic oxidation sites excluding steroid dienone is 2. The van der Waals surface area contributed by atoms with Crippen LogP contribution < -0.4 is 16.4 Å². The van der Waals surface area contributed by atoms with E-state index in [1.165, 1.54) is 18.5 Å². The molecule has 3 rings (SSSR count). The zero-order valence-corrected chi connectivity index (χ0v) is 19.3. The van der Waals surface area contributed by atoms with Crippen molar-refractivity contribution in [3.8, 4) is 11.1 Å². The summed E-state index contributed by atoms with van der Waals surface area (Å²) >= 11 is 0. The maximum Gasteiger partial charge on any atom is 0.251 e. The SMILES string of the molecule is CC/C=C(/NC(/C=C(\C)CNC(=O)c1ccc(-c2ccc(N)cc2)cc1)=NCC)C1CC1. The van der Waals surface area contributed by atoms with Crippen LogP contribution in [0.5, 0.6) is 0 Å². The number of amides is 1. The second kappa shape index (κ2) is 11.3. The Bertz CT molecular complexity index is 997. The molecule has 4 N–H and O–H groups in total. The number of amidine groups is 1. The normalized spacial score (nSPS) is 14.9. The van der Waals surface area contributed by atoms with Crippen molar-refractivity contribution in [2.45, 2.75) is 40.0 Å². The third kappa shape index (κ3) is 6.84. The van der Waals surface area contributed by atoms with Gasteiger partial charge in [0.25, 0.3) is 5.91 Å². The molecule has 0 heterocycles. The molecule has 168 valence electrons. The monoisotopic (exact) mass is 430 g/mol. The molecule has 0 aromatic heterocycles. The summed E-state index contributed by atoms with van der Waals surface area (Å²) in [6, 6.07) is 15.3. The van der Waals surface area contributed by atoms with Gasteiger partial charge in [-0.25, -0.2) is 0 Å². The van der Waals surface area contributed by atoms with Gasteiger partial charge in [-0.15, -0.1) is 0 Å². The molecule has 1 aliphatic carbocycles. The average Bonchev–Trinajstić information content (AvgIpc) is 3.63. The molecule has 1 saturated carbocycles. The van der Waals surface area contributed by atoms with Gasteiger partial charge >= 0.3 is 0 Å². The molecule has 2 aromatic carbocycles. The number of hydrogen-bond donors (Lipinski definition) is 3. The molecule has 0 bridgehead atoms. The van der Waals surface area contributed by atoms with Crippen molar-refractivity contribution in [1.29, 1.82) is 0 Å². The lowest BCUT2D eigenvalue weighted by atomic mass is 10.0. The van der Waals surface area contributed by atoms with Gasteiger partial charge in [-0.05, 0) is 80.5 Å². The molecule has 0 unspecified atom stereocenters. The van der Waals surface area contributed by atoms with Crippen LogP contribution in [-0.4, -0.2) is 24.8 Å². The van der Waals surface area contributed by atoms with Crippen LogP contribution in [-0.2, 0) is 0 Å². The summed E-state index contributed by atoms with van der Waals surface area (Å²) in [7, 11) is 0. The highest BCUT2D eigenvalue weighted by atomic mass is 16.1. The van der Waals surface area contributed by atoms with Crippen molar-refractivity contribution in [2.75, 3.05) is 18.8 Å². The summed E-state index contributed by atoms with van der Waals surface area (Å²) in [5.41, 5.74) is 11.6. The number of carbonyl (C=O) groups is 1. The van der Waals surface area contributed by atoms with E-state index < -0.39 is 0 Å². The molecule has 0 spiro atoms. The van der Waals surface area contributed by atoms with Crippen LogP contribution >= 0.6 is 0 Å². The van der Waals surface area contributed by atoms with E-state index in [1.807, 2.05) is 68.5 Å². The Kier molecular flexibility index (Phi) is 8.26. The largest absolute Gasteiger partial charge is 0.399 e. The molecular weight excluding hydrogens is 396 g/mol. The summed E-state index contributed by atoms with van der Waals surface area (Å²) in [4.78, 5) is 17.2. The van der Waals surface area contributed by atoms with Gasteiger partial charge in [0.1, 0.15) is 5.84 Å². The molecule has 0 saturated heterocycles. The van der Waals surface area contributed by atoms with Gasteiger partial charge in [0.2, 0.25) is 0 Å². The van der Waals surface area contributed by atoms with Crippen molar-refractivity contribution in [3.63, 3.8) is 0 Å². The molecule has 0 radical (unpaired) electrons. The highest BCUT2D eigenvalue weighted by Crippen LogP contribution is 2.35. The van der Waals surface area contributed by atoms with E-state index in [0.717, 1.165) is 34.6 Å². The predicted octanol–water partition coefficient (Wildman–Crippen LogP) is 5.32. The molecule has 1 amide bonds. The second-order valence-corrected chi connectivity index (χ2v) is 8.20. The van der Waals surface area contributed by atoms with E-state index in [9.17, 15) is 4.79 Å². The van der Waals surface area contributed by atoms with Gasteiger partial charge in [0.15, 0.2) is 0 Å². The number of hydrogen-bond acceptors (Lipinski definition) is 3. The van der Waals surface area contributed by atoms with E-state index in [2.05, 4.69) is 28.6 Å². The molecule has 2 aromatic rings. The fraction of sp³-hybridized carbons (Fsp3) is 0.333. The summed E-state index contributed by atoms with van der Waals surface area (Å²) in [6.45, 7) is 7.38. The Morgan fingerprint density at radius 3 is 2.25 bits per heavy atom. The standard InChI is InChI=1S/C27H34N4O/c1-4-6-25(22-9-10-22)31-26(29-5-2)17-19(3)18-30-27(32)23-11-7-20(8-12-23)21-13-15-24(28)16-14-21/h6-8,11-17,22H,4-5,9-10,18,28H2,1-3H3,(H,29,31)(H,30,32)/b19-17+,25-6+. The fourth-order valence-corrected chi connectivity index (χ4v) is 3.47. The molecule has 0 atom stereocenters. The molecule has 5 heteroatoms. The van der Waals surface area contributed by atoms with Crippen LogP contribution in [0.3, 0.4) is 0 Å². The number of rotatable bonds is 9. The van der Waals surface area contributed by atoms with Gasteiger partial charge in [-0.2, -0.15) is 0 Å². The smallest absolute Gasteiger partial charge is 0.251 e. The van der Waals surface area contributed by atoms with Gasteiger partial charge in [-0.1, -0.05) is 42.8 Å². The minimum atomic E-state index is -0.0897. The molecule has 0 aliphatic heterocycles. The summed E-state index contributed by atoms with van der Waals surface area (Å²) in [6.07, 6.45) is 7.78. The van der Waals surface area contributed by atoms with Crippen LogP contribution in [0.2, 0.25) is 0 Å². The first-order chi connectivity index (χ1) is 15.5. The van der Waals surface area contributed by atoms with Gasteiger partial charge < -0.3 is 16.4 Å². The highest BCUT2D eigenvalue weighted by Gasteiger charge is 2.26. The summed E-state index contributed by atoms with van der Waals surface area (Å²) in [5, 5.41) is 6.51. The first kappa shape index (κ1) is 23.3. The zero-order valence-electron chi connectivity index (χ0n) is 19.3. The fourth-order valence-electron chi connectivity index (χ4n) is 3.47. The molecule has 32 heavy (non-hydrogen) atoms. The van der Waals surface area contributed by atoms with Gasteiger partial charge in [0.05, 0.1) is 0 Å². The van der Waals surface area contributed by atoms with Crippen molar-refractivity contribution < 1.29 is 4.79 Å². The van der Waals surface area contributed by atoms with Crippen LogP contribution in [0, 0.1) is 5.92 Å².